The maximum absolute atomic E-state index is 13.5. The first-order chi connectivity index (χ1) is 15.5. The number of carboxylic acids is 1. The number of hydrogen-bond donors (Lipinski definition) is 1. The Balaban J connectivity index is 0.00000176. The van der Waals surface area contributed by atoms with Crippen LogP contribution in [0, 0.1) is 11.7 Å². The average molecular weight is 480 g/mol. The van der Waals surface area contributed by atoms with Gasteiger partial charge in [-0.05, 0) is 55.0 Å². The molecule has 0 spiro atoms. The summed E-state index contributed by atoms with van der Waals surface area (Å²) in [7, 11) is 0. The second-order valence-electron chi connectivity index (χ2n) is 7.37. The minimum absolute atomic E-state index is 0.0289. The Morgan fingerprint density at radius 3 is 2.62 bits per heavy atom. The summed E-state index contributed by atoms with van der Waals surface area (Å²) in [5, 5.41) is 8.90. The fourth-order valence-corrected chi connectivity index (χ4v) is 5.27. The molecular weight excluding hydrogens is 445 g/mol. The number of halogens is 1. The Morgan fingerprint density at radius 1 is 1.28 bits per heavy atom. The van der Waals surface area contributed by atoms with Crippen molar-refractivity contribution in [3.8, 4) is 5.75 Å². The lowest BCUT2D eigenvalue weighted by Gasteiger charge is -2.28. The quantitative estimate of drug-likeness (QED) is 0.376. The van der Waals surface area contributed by atoms with Crippen molar-refractivity contribution in [3.63, 3.8) is 0 Å². The van der Waals surface area contributed by atoms with Gasteiger partial charge in [-0.25, -0.2) is 4.39 Å². The zero-order valence-corrected chi connectivity index (χ0v) is 21.0. The molecule has 1 heterocycles. The number of carbonyl (C=O) groups is 1. The first-order valence-corrected chi connectivity index (χ1v) is 13.4. The summed E-state index contributed by atoms with van der Waals surface area (Å²) in [6.45, 7) is 7.24. The van der Waals surface area contributed by atoms with Gasteiger partial charge in [0.25, 0.3) is 0 Å². The van der Waals surface area contributed by atoms with Gasteiger partial charge in [-0.15, -0.1) is 23.5 Å². The molecule has 0 unspecified atom stereocenters. The van der Waals surface area contributed by atoms with Crippen molar-refractivity contribution in [3.05, 3.63) is 42.2 Å². The van der Waals surface area contributed by atoms with E-state index in [1.807, 2.05) is 50.1 Å². The second-order valence-corrected chi connectivity index (χ2v) is 9.28. The molecule has 0 aromatic heterocycles. The molecule has 1 aliphatic heterocycles. The van der Waals surface area contributed by atoms with Gasteiger partial charge in [0.1, 0.15) is 11.6 Å². The van der Waals surface area contributed by atoms with Gasteiger partial charge in [0.05, 0.1) is 23.6 Å². The van der Waals surface area contributed by atoms with E-state index in [-0.39, 0.29) is 18.8 Å². The number of benzene rings is 2. The smallest absolute Gasteiger partial charge is 0.306 e. The maximum Gasteiger partial charge on any atom is 0.306 e. The van der Waals surface area contributed by atoms with Gasteiger partial charge < -0.3 is 14.7 Å². The Labute approximate surface area is 199 Å². The third-order valence-electron chi connectivity index (χ3n) is 5.13. The Kier molecular flexibility index (Phi) is 11.2. The molecule has 0 fully saturated rings. The van der Waals surface area contributed by atoms with Crippen LogP contribution in [0.2, 0.25) is 0 Å². The van der Waals surface area contributed by atoms with Crippen molar-refractivity contribution in [1.29, 1.82) is 0 Å². The molecule has 0 amide bonds. The van der Waals surface area contributed by atoms with Crippen LogP contribution < -0.4 is 9.64 Å². The molecule has 0 saturated carbocycles. The van der Waals surface area contributed by atoms with Gasteiger partial charge in [0.15, 0.2) is 0 Å². The number of rotatable bonds is 9. The fourth-order valence-electron chi connectivity index (χ4n) is 3.53. The van der Waals surface area contributed by atoms with E-state index in [1.54, 1.807) is 11.8 Å². The van der Waals surface area contributed by atoms with E-state index < -0.39 is 5.97 Å². The number of fused-ring (bicyclic) bond motifs is 1. The van der Waals surface area contributed by atoms with Crippen LogP contribution in [-0.2, 0) is 4.79 Å². The summed E-state index contributed by atoms with van der Waals surface area (Å²) >= 11 is 3.40. The van der Waals surface area contributed by atoms with Crippen LogP contribution in [0.1, 0.15) is 46.5 Å². The Hall–Kier alpha value is -1.86. The first kappa shape index (κ1) is 26.4. The van der Waals surface area contributed by atoms with E-state index in [1.165, 1.54) is 25.0 Å². The molecule has 7 heteroatoms. The molecule has 1 N–H and O–H groups in total. The topological polar surface area (TPSA) is 49.8 Å². The van der Waals surface area contributed by atoms with Crippen molar-refractivity contribution in [2.24, 2.45) is 5.92 Å². The molecule has 3 rings (SSSR count). The predicted octanol–water partition coefficient (Wildman–Crippen LogP) is 7.48. The monoisotopic (exact) mass is 479 g/mol. The van der Waals surface area contributed by atoms with E-state index in [0.717, 1.165) is 45.6 Å². The van der Waals surface area contributed by atoms with Crippen LogP contribution in [0.15, 0.2) is 46.2 Å². The van der Waals surface area contributed by atoms with Gasteiger partial charge >= 0.3 is 5.97 Å². The molecular formula is C25H34FNO3S2. The van der Waals surface area contributed by atoms with Crippen LogP contribution in [0.5, 0.6) is 5.75 Å². The molecule has 176 valence electrons. The van der Waals surface area contributed by atoms with Gasteiger partial charge in [-0.1, -0.05) is 33.6 Å². The minimum atomic E-state index is -0.869. The Bertz CT molecular complexity index is 861. The molecule has 0 radical (unpaired) electrons. The van der Waals surface area contributed by atoms with Gasteiger partial charge in [-0.3, -0.25) is 4.79 Å². The number of carboxylic acid groups (broad SMARTS) is 1. The number of nitrogens with zero attached hydrogens (tertiary/aromatic N) is 1. The van der Waals surface area contributed by atoms with Crippen LogP contribution >= 0.6 is 23.5 Å². The van der Waals surface area contributed by atoms with Crippen molar-refractivity contribution in [1.82, 2.24) is 0 Å². The van der Waals surface area contributed by atoms with Gasteiger partial charge in [0.2, 0.25) is 0 Å². The highest BCUT2D eigenvalue weighted by molar-refractivity contribution is 7.99. The van der Waals surface area contributed by atoms with E-state index in [0.29, 0.717) is 5.92 Å². The lowest BCUT2D eigenvalue weighted by atomic mass is 10.0. The fraction of sp³-hybridized carbons (Fsp3) is 0.480. The number of anilines is 2. The number of unbranched alkanes of at least 4 members (excludes halogenated alkanes) is 1. The average Bonchev–Trinajstić information content (AvgIpc) is 2.98. The Morgan fingerprint density at radius 2 is 2.00 bits per heavy atom. The summed E-state index contributed by atoms with van der Waals surface area (Å²) in [5.41, 5.74) is 2.08. The third-order valence-corrected chi connectivity index (χ3v) is 7.16. The highest BCUT2D eigenvalue weighted by atomic mass is 32.2. The van der Waals surface area contributed by atoms with Crippen molar-refractivity contribution in [2.45, 2.75) is 56.2 Å². The zero-order valence-electron chi connectivity index (χ0n) is 19.4. The van der Waals surface area contributed by atoms with Crippen molar-refractivity contribution < 1.29 is 19.0 Å². The summed E-state index contributed by atoms with van der Waals surface area (Å²) in [6.07, 6.45) is 5.48. The molecule has 0 aliphatic carbocycles. The standard InChI is InChI=1S/C23H28FNO3S2.C2H6/c1-3-4-5-16-14-25(18-8-6-17(24)7-9-18)19-12-22(29-2)20(13-21(19)30-15-16)28-11-10-23(26)27;1-2/h6-9,12-13,16H,3-5,10-11,14-15H2,1-2H3,(H,26,27);1-2H3/t16-;/m0./s1. The molecule has 0 bridgehead atoms. The lowest BCUT2D eigenvalue weighted by Crippen LogP contribution is -2.25. The zero-order chi connectivity index (χ0) is 23.5. The number of ether oxygens (including phenoxy) is 1. The first-order valence-electron chi connectivity index (χ1n) is 11.2. The molecule has 0 saturated heterocycles. The van der Waals surface area contributed by atoms with Crippen LogP contribution in [0.4, 0.5) is 15.8 Å². The highest BCUT2D eigenvalue weighted by Crippen LogP contribution is 2.45. The normalized spacial score (nSPS) is 15.3. The van der Waals surface area contributed by atoms with E-state index in [2.05, 4.69) is 17.9 Å². The highest BCUT2D eigenvalue weighted by Gasteiger charge is 2.25. The minimum Gasteiger partial charge on any atom is -0.492 e. The molecule has 2 aromatic rings. The summed E-state index contributed by atoms with van der Waals surface area (Å²) in [5.74, 6) is 1.16. The predicted molar refractivity (Wildman–Crippen MR) is 134 cm³/mol. The van der Waals surface area contributed by atoms with Crippen LogP contribution in [-0.4, -0.2) is 36.2 Å². The molecule has 2 aromatic carbocycles. The van der Waals surface area contributed by atoms with Crippen molar-refractivity contribution in [2.75, 3.05) is 30.1 Å². The molecule has 1 atom stereocenters. The largest absolute Gasteiger partial charge is 0.492 e. The van der Waals surface area contributed by atoms with E-state index >= 15 is 0 Å². The van der Waals surface area contributed by atoms with E-state index in [4.69, 9.17) is 9.84 Å². The van der Waals surface area contributed by atoms with Gasteiger partial charge in [0, 0.05) is 22.9 Å². The van der Waals surface area contributed by atoms with E-state index in [9.17, 15) is 9.18 Å². The number of hydrogen-bond acceptors (Lipinski definition) is 5. The summed E-state index contributed by atoms with van der Waals surface area (Å²) in [4.78, 5) is 15.2. The summed E-state index contributed by atoms with van der Waals surface area (Å²) < 4.78 is 19.3. The third kappa shape index (κ3) is 7.34. The number of aliphatic carboxylic acids is 1. The summed E-state index contributed by atoms with van der Waals surface area (Å²) in [6, 6.07) is 10.8. The SMILES string of the molecule is CC.CCCC[C@@H]1CSc2cc(OCCC(=O)O)c(SC)cc2N(c2ccc(F)cc2)C1. The van der Waals surface area contributed by atoms with Crippen molar-refractivity contribution >= 4 is 40.9 Å². The lowest BCUT2D eigenvalue weighted by molar-refractivity contribution is -0.137. The molecule has 32 heavy (non-hydrogen) atoms. The molecule has 1 aliphatic rings. The molecule has 4 nitrogen and oxygen atoms in total. The number of thioether (sulfide) groups is 2. The van der Waals surface area contributed by atoms with Gasteiger partial charge in [-0.2, -0.15) is 0 Å². The van der Waals surface area contributed by atoms with Crippen LogP contribution in [0.25, 0.3) is 0 Å². The maximum atomic E-state index is 13.5. The van der Waals surface area contributed by atoms with Crippen LogP contribution in [0.3, 0.4) is 0 Å². The second kappa shape index (κ2) is 13.6.